The molecule has 1 aliphatic heterocycles. The van der Waals surface area contributed by atoms with E-state index in [1.807, 2.05) is 12.1 Å². The highest BCUT2D eigenvalue weighted by molar-refractivity contribution is 7.97. The van der Waals surface area contributed by atoms with Crippen LogP contribution in [0.25, 0.3) is 6.08 Å². The molecule has 2 N–H and O–H groups in total. The second kappa shape index (κ2) is 9.68. The number of rotatable bonds is 7. The van der Waals surface area contributed by atoms with Crippen molar-refractivity contribution < 1.29 is 18.3 Å². The Morgan fingerprint density at radius 2 is 1.80 bits per heavy atom. The molecule has 2 aromatic rings. The third kappa shape index (κ3) is 6.10. The van der Waals surface area contributed by atoms with Crippen molar-refractivity contribution in [3.8, 4) is 0 Å². The van der Waals surface area contributed by atoms with Crippen LogP contribution < -0.4 is 4.72 Å². The molecule has 0 radical (unpaired) electrons. The summed E-state index contributed by atoms with van der Waals surface area (Å²) in [6.45, 7) is 6.45. The summed E-state index contributed by atoms with van der Waals surface area (Å²) in [5.74, 6) is 0.137. The maximum Gasteiger partial charge on any atom is 0.328 e. The number of nitrogens with zero attached hydrogens (tertiary/aromatic N) is 1. The lowest BCUT2D eigenvalue weighted by molar-refractivity contribution is -0.131. The fourth-order valence-corrected chi connectivity index (χ4v) is 6.00. The number of hydrogen-bond donors (Lipinski definition) is 2. The smallest absolute Gasteiger partial charge is 0.328 e. The van der Waals surface area contributed by atoms with Crippen LogP contribution >= 0.6 is 11.9 Å². The molecule has 30 heavy (non-hydrogen) atoms. The fourth-order valence-electron chi connectivity index (χ4n) is 3.62. The van der Waals surface area contributed by atoms with Crippen LogP contribution in [0.3, 0.4) is 0 Å². The lowest BCUT2D eigenvalue weighted by atomic mass is 9.94. The van der Waals surface area contributed by atoms with E-state index in [0.717, 1.165) is 24.1 Å². The normalized spacial score (nSPS) is 20.3. The second-order valence-electron chi connectivity index (χ2n) is 7.72. The quantitative estimate of drug-likeness (QED) is 0.479. The SMILES string of the molecule is CC1CC(C)CN(Sc2ccc(NS(=O)(=O)c3ccccc3)c(/C=C/C(=O)O)c2)C1. The molecule has 6 nitrogen and oxygen atoms in total. The van der Waals surface area contributed by atoms with Gasteiger partial charge >= 0.3 is 5.97 Å². The van der Waals surface area contributed by atoms with Gasteiger partial charge in [-0.2, -0.15) is 0 Å². The molecule has 1 heterocycles. The van der Waals surface area contributed by atoms with Gasteiger partial charge in [0.25, 0.3) is 10.0 Å². The highest BCUT2D eigenvalue weighted by Crippen LogP contribution is 2.33. The van der Waals surface area contributed by atoms with Crippen molar-refractivity contribution in [3.63, 3.8) is 0 Å². The highest BCUT2D eigenvalue weighted by Gasteiger charge is 2.23. The number of carboxylic acid groups (broad SMARTS) is 1. The molecule has 1 saturated heterocycles. The number of nitrogens with one attached hydrogen (secondary N) is 1. The average Bonchev–Trinajstić information content (AvgIpc) is 2.67. The van der Waals surface area contributed by atoms with Gasteiger partial charge < -0.3 is 5.11 Å². The van der Waals surface area contributed by atoms with Gasteiger partial charge in [0.1, 0.15) is 0 Å². The number of anilines is 1. The van der Waals surface area contributed by atoms with E-state index in [0.29, 0.717) is 23.1 Å². The van der Waals surface area contributed by atoms with Gasteiger partial charge in [0.15, 0.2) is 0 Å². The molecule has 0 spiro atoms. The highest BCUT2D eigenvalue weighted by atomic mass is 32.2. The van der Waals surface area contributed by atoms with Crippen molar-refractivity contribution in [2.24, 2.45) is 11.8 Å². The van der Waals surface area contributed by atoms with Crippen molar-refractivity contribution in [2.75, 3.05) is 17.8 Å². The van der Waals surface area contributed by atoms with E-state index >= 15 is 0 Å². The average molecular weight is 447 g/mol. The zero-order valence-electron chi connectivity index (χ0n) is 17.0. The zero-order chi connectivity index (χ0) is 21.7. The number of carbonyl (C=O) groups is 1. The van der Waals surface area contributed by atoms with Crippen LogP contribution in [0.2, 0.25) is 0 Å². The number of piperidine rings is 1. The van der Waals surface area contributed by atoms with Crippen LogP contribution in [0.1, 0.15) is 25.8 Å². The molecule has 2 aromatic carbocycles. The third-order valence-corrected chi connectivity index (χ3v) is 7.20. The van der Waals surface area contributed by atoms with Crippen molar-refractivity contribution in [2.45, 2.75) is 30.1 Å². The van der Waals surface area contributed by atoms with Gasteiger partial charge in [-0.15, -0.1) is 0 Å². The molecule has 0 saturated carbocycles. The summed E-state index contributed by atoms with van der Waals surface area (Å²) in [5, 5.41) is 9.03. The summed E-state index contributed by atoms with van der Waals surface area (Å²) >= 11 is 1.62. The summed E-state index contributed by atoms with van der Waals surface area (Å²) in [5.41, 5.74) is 0.834. The molecule has 0 amide bonds. The summed E-state index contributed by atoms with van der Waals surface area (Å²) in [7, 11) is -3.78. The van der Waals surface area contributed by atoms with Gasteiger partial charge in [0.2, 0.25) is 0 Å². The van der Waals surface area contributed by atoms with Gasteiger partial charge in [-0.1, -0.05) is 32.0 Å². The first-order valence-corrected chi connectivity index (χ1v) is 12.0. The van der Waals surface area contributed by atoms with Crippen molar-refractivity contribution in [1.29, 1.82) is 0 Å². The topological polar surface area (TPSA) is 86.7 Å². The molecule has 160 valence electrons. The lowest BCUT2D eigenvalue weighted by Gasteiger charge is -2.33. The molecule has 0 aliphatic carbocycles. The van der Waals surface area contributed by atoms with Gasteiger partial charge in [-0.05, 0) is 66.6 Å². The molecule has 1 fully saturated rings. The second-order valence-corrected chi connectivity index (χ2v) is 10.6. The summed E-state index contributed by atoms with van der Waals surface area (Å²) in [4.78, 5) is 12.1. The predicted octanol–water partition coefficient (Wildman–Crippen LogP) is 4.57. The van der Waals surface area contributed by atoms with E-state index in [2.05, 4.69) is 22.9 Å². The van der Waals surface area contributed by atoms with Crippen molar-refractivity contribution in [3.05, 3.63) is 60.2 Å². The zero-order valence-corrected chi connectivity index (χ0v) is 18.6. The van der Waals surface area contributed by atoms with Gasteiger partial charge in [0.05, 0.1) is 10.6 Å². The maximum atomic E-state index is 12.7. The van der Waals surface area contributed by atoms with E-state index in [9.17, 15) is 13.2 Å². The van der Waals surface area contributed by atoms with E-state index < -0.39 is 16.0 Å². The Bertz CT molecular complexity index is 1010. The molecule has 3 rings (SSSR count). The van der Waals surface area contributed by atoms with Crippen molar-refractivity contribution >= 4 is 39.7 Å². The Morgan fingerprint density at radius 3 is 2.43 bits per heavy atom. The first kappa shape index (κ1) is 22.4. The molecule has 1 aliphatic rings. The van der Waals surface area contributed by atoms with Crippen molar-refractivity contribution in [1.82, 2.24) is 4.31 Å². The fraction of sp³-hybridized carbons (Fsp3) is 0.318. The van der Waals surface area contributed by atoms with Crippen LogP contribution in [0.5, 0.6) is 0 Å². The molecule has 0 aromatic heterocycles. The first-order chi connectivity index (χ1) is 14.2. The predicted molar refractivity (Wildman–Crippen MR) is 121 cm³/mol. The van der Waals surface area contributed by atoms with Gasteiger partial charge in [-0.25, -0.2) is 17.5 Å². The van der Waals surface area contributed by atoms with Crippen LogP contribution in [-0.4, -0.2) is 36.9 Å². The van der Waals surface area contributed by atoms with Gasteiger partial charge in [0, 0.05) is 29.6 Å². The Kier molecular flexibility index (Phi) is 7.23. The Balaban J connectivity index is 1.87. The van der Waals surface area contributed by atoms with Crippen LogP contribution in [0, 0.1) is 11.8 Å². The standard InChI is InChI=1S/C22H26N2O4S2/c1-16-12-17(2)15-24(14-16)29-19-9-10-21(18(13-19)8-11-22(25)26)23-30(27,28)20-6-4-3-5-7-20/h3-11,13,16-17,23H,12,14-15H2,1-2H3,(H,25,26)/b11-8+. The molecule has 8 heteroatoms. The Morgan fingerprint density at radius 1 is 1.13 bits per heavy atom. The maximum absolute atomic E-state index is 12.7. The first-order valence-electron chi connectivity index (χ1n) is 9.79. The van der Waals surface area contributed by atoms with Gasteiger partial charge in [-0.3, -0.25) is 4.72 Å². The lowest BCUT2D eigenvalue weighted by Crippen LogP contribution is -2.33. The number of benzene rings is 2. The monoisotopic (exact) mass is 446 g/mol. The number of aliphatic carboxylic acids is 1. The van der Waals surface area contributed by atoms with E-state index in [1.165, 1.54) is 24.6 Å². The minimum absolute atomic E-state index is 0.146. The summed E-state index contributed by atoms with van der Waals surface area (Å²) in [6.07, 6.45) is 3.63. The minimum atomic E-state index is -3.78. The Hall–Kier alpha value is -2.29. The molecule has 2 unspecified atom stereocenters. The van der Waals surface area contributed by atoms with E-state index in [1.54, 1.807) is 36.2 Å². The molecular weight excluding hydrogens is 420 g/mol. The summed E-state index contributed by atoms with van der Waals surface area (Å²) < 4.78 is 30.3. The number of sulfonamides is 1. The number of carboxylic acids is 1. The minimum Gasteiger partial charge on any atom is -0.478 e. The number of hydrogen-bond acceptors (Lipinski definition) is 5. The molecular formula is C22H26N2O4S2. The largest absolute Gasteiger partial charge is 0.478 e. The molecule has 2 atom stereocenters. The third-order valence-electron chi connectivity index (χ3n) is 4.80. The summed E-state index contributed by atoms with van der Waals surface area (Å²) in [6, 6.07) is 13.4. The van der Waals surface area contributed by atoms with Crippen LogP contribution in [-0.2, 0) is 14.8 Å². The van der Waals surface area contributed by atoms with E-state index in [-0.39, 0.29) is 4.90 Å². The van der Waals surface area contributed by atoms with Crippen LogP contribution in [0.15, 0.2) is 64.4 Å². The molecule has 0 bridgehead atoms. The van der Waals surface area contributed by atoms with Crippen LogP contribution in [0.4, 0.5) is 5.69 Å². The van der Waals surface area contributed by atoms with E-state index in [4.69, 9.17) is 5.11 Å². The Labute approximate surface area is 182 Å².